The van der Waals surface area contributed by atoms with E-state index in [1.54, 1.807) is 18.2 Å². The Morgan fingerprint density at radius 2 is 1.85 bits per heavy atom. The van der Waals surface area contributed by atoms with Crippen LogP contribution in [0.2, 0.25) is 0 Å². The number of nitrogens with zero attached hydrogens (tertiary/aromatic N) is 2. The van der Waals surface area contributed by atoms with Gasteiger partial charge in [0.15, 0.2) is 0 Å². The van der Waals surface area contributed by atoms with Gasteiger partial charge in [0.05, 0.1) is 19.1 Å². The van der Waals surface area contributed by atoms with Crippen LogP contribution in [0.4, 0.5) is 11.4 Å². The highest BCUT2D eigenvalue weighted by molar-refractivity contribution is 7.92. The Bertz CT molecular complexity index is 1020. The molecule has 0 aliphatic heterocycles. The van der Waals surface area contributed by atoms with Gasteiger partial charge in [0.25, 0.3) is 0 Å². The molecule has 2 N–H and O–H groups in total. The zero-order chi connectivity index (χ0) is 19.4. The fraction of sp³-hybridized carbons (Fsp3) is 0.222. The molecule has 1 atom stereocenters. The van der Waals surface area contributed by atoms with Crippen LogP contribution in [0, 0.1) is 0 Å². The van der Waals surface area contributed by atoms with Crippen molar-refractivity contribution >= 4 is 21.4 Å². The highest BCUT2D eigenvalue weighted by atomic mass is 32.2. The summed E-state index contributed by atoms with van der Waals surface area (Å²) >= 11 is 0. The highest BCUT2D eigenvalue weighted by Gasteiger charge is 2.16. The standard InChI is InChI=1S/C18H20N4O4S/c1-12(17-20-21-18(26-17)13-7-5-4-6-8-13)19-14-9-10-16(25-2)15(11-14)22-27(3,23)24/h4-12,19,22H,1-3H3/t12-/m0/s1. The van der Waals surface area contributed by atoms with Crippen LogP contribution in [-0.4, -0.2) is 32.0 Å². The number of aromatic nitrogens is 2. The largest absolute Gasteiger partial charge is 0.495 e. The number of methoxy groups -OCH3 is 1. The van der Waals surface area contributed by atoms with Gasteiger partial charge in [0.1, 0.15) is 11.8 Å². The summed E-state index contributed by atoms with van der Waals surface area (Å²) in [6.07, 6.45) is 1.08. The molecule has 0 saturated heterocycles. The van der Waals surface area contributed by atoms with E-state index in [0.717, 1.165) is 11.8 Å². The van der Waals surface area contributed by atoms with Crippen molar-refractivity contribution in [2.75, 3.05) is 23.4 Å². The van der Waals surface area contributed by atoms with Crippen molar-refractivity contribution in [3.8, 4) is 17.2 Å². The second-order valence-electron chi connectivity index (χ2n) is 5.97. The lowest BCUT2D eigenvalue weighted by atomic mass is 10.2. The molecule has 0 aliphatic rings. The molecule has 0 spiro atoms. The van der Waals surface area contributed by atoms with Gasteiger partial charge in [-0.2, -0.15) is 0 Å². The molecule has 0 fully saturated rings. The maximum atomic E-state index is 11.5. The first-order valence-electron chi connectivity index (χ1n) is 8.17. The summed E-state index contributed by atoms with van der Waals surface area (Å²) in [5, 5.41) is 11.4. The summed E-state index contributed by atoms with van der Waals surface area (Å²) < 4.78 is 36.4. The lowest BCUT2D eigenvalue weighted by Gasteiger charge is -2.15. The van der Waals surface area contributed by atoms with Gasteiger partial charge in [-0.1, -0.05) is 18.2 Å². The molecule has 1 aromatic heterocycles. The summed E-state index contributed by atoms with van der Waals surface area (Å²) in [5.74, 6) is 1.28. The minimum absolute atomic E-state index is 0.283. The lowest BCUT2D eigenvalue weighted by Crippen LogP contribution is -2.12. The average molecular weight is 388 g/mol. The minimum Gasteiger partial charge on any atom is -0.495 e. The van der Waals surface area contributed by atoms with E-state index < -0.39 is 10.0 Å². The van der Waals surface area contributed by atoms with Crippen molar-refractivity contribution in [1.82, 2.24) is 10.2 Å². The smallest absolute Gasteiger partial charge is 0.247 e. The van der Waals surface area contributed by atoms with Crippen molar-refractivity contribution in [3.63, 3.8) is 0 Å². The lowest BCUT2D eigenvalue weighted by molar-refractivity contribution is 0.417. The van der Waals surface area contributed by atoms with Crippen LogP contribution >= 0.6 is 0 Å². The highest BCUT2D eigenvalue weighted by Crippen LogP contribution is 2.30. The molecular formula is C18H20N4O4S. The Hall–Kier alpha value is -3.07. The summed E-state index contributed by atoms with van der Waals surface area (Å²) in [6, 6.07) is 14.3. The molecule has 2 aromatic carbocycles. The van der Waals surface area contributed by atoms with Gasteiger partial charge in [-0.15, -0.1) is 10.2 Å². The van der Waals surface area contributed by atoms with E-state index in [-0.39, 0.29) is 6.04 Å². The number of benzene rings is 2. The summed E-state index contributed by atoms with van der Waals surface area (Å²) in [4.78, 5) is 0. The number of ether oxygens (including phenoxy) is 1. The van der Waals surface area contributed by atoms with E-state index in [4.69, 9.17) is 9.15 Å². The topological polar surface area (TPSA) is 106 Å². The average Bonchev–Trinajstić information content (AvgIpc) is 3.12. The van der Waals surface area contributed by atoms with E-state index in [0.29, 0.717) is 28.9 Å². The normalized spacial score (nSPS) is 12.4. The quantitative estimate of drug-likeness (QED) is 0.639. The number of anilines is 2. The van der Waals surface area contributed by atoms with Crippen LogP contribution < -0.4 is 14.8 Å². The van der Waals surface area contributed by atoms with Crippen molar-refractivity contribution in [3.05, 3.63) is 54.4 Å². The van der Waals surface area contributed by atoms with Crippen LogP contribution in [0.15, 0.2) is 52.9 Å². The molecule has 0 saturated carbocycles. The number of sulfonamides is 1. The third-order valence-electron chi connectivity index (χ3n) is 3.71. The molecule has 3 rings (SSSR count). The van der Waals surface area contributed by atoms with Gasteiger partial charge in [0, 0.05) is 11.3 Å². The molecule has 0 radical (unpaired) electrons. The van der Waals surface area contributed by atoms with Gasteiger partial charge in [-0.3, -0.25) is 4.72 Å². The molecule has 8 nitrogen and oxygen atoms in total. The number of nitrogens with one attached hydrogen (secondary N) is 2. The third-order valence-corrected chi connectivity index (χ3v) is 4.30. The van der Waals surface area contributed by atoms with E-state index in [1.165, 1.54) is 7.11 Å². The van der Waals surface area contributed by atoms with Crippen LogP contribution in [0.25, 0.3) is 11.5 Å². The zero-order valence-electron chi connectivity index (χ0n) is 15.1. The van der Waals surface area contributed by atoms with Crippen LogP contribution in [0.1, 0.15) is 18.9 Å². The predicted octanol–water partition coefficient (Wildman–Crippen LogP) is 3.29. The van der Waals surface area contributed by atoms with Gasteiger partial charge in [-0.25, -0.2) is 8.42 Å². The van der Waals surface area contributed by atoms with Gasteiger partial charge in [-0.05, 0) is 37.3 Å². The van der Waals surface area contributed by atoms with Crippen molar-refractivity contribution in [2.45, 2.75) is 13.0 Å². The Labute approximate surface area is 157 Å². The van der Waals surface area contributed by atoms with Crippen molar-refractivity contribution < 1.29 is 17.6 Å². The van der Waals surface area contributed by atoms with E-state index in [1.807, 2.05) is 37.3 Å². The van der Waals surface area contributed by atoms with Gasteiger partial charge < -0.3 is 14.5 Å². The van der Waals surface area contributed by atoms with Crippen molar-refractivity contribution in [1.29, 1.82) is 0 Å². The second kappa shape index (κ2) is 7.67. The summed E-state index contributed by atoms with van der Waals surface area (Å²) in [7, 11) is -1.96. The molecule has 3 aromatic rings. The molecule has 0 bridgehead atoms. The summed E-state index contributed by atoms with van der Waals surface area (Å²) in [6.45, 7) is 1.87. The Kier molecular flexibility index (Phi) is 5.31. The second-order valence-corrected chi connectivity index (χ2v) is 7.72. The molecule has 0 amide bonds. The molecule has 27 heavy (non-hydrogen) atoms. The van der Waals surface area contributed by atoms with Crippen LogP contribution in [0.3, 0.4) is 0 Å². The predicted molar refractivity (Wildman–Crippen MR) is 103 cm³/mol. The molecule has 9 heteroatoms. The minimum atomic E-state index is -3.43. The Balaban J connectivity index is 1.79. The summed E-state index contributed by atoms with van der Waals surface area (Å²) in [5.41, 5.74) is 1.86. The number of hydrogen-bond donors (Lipinski definition) is 2. The first kappa shape index (κ1) is 18.7. The van der Waals surface area contributed by atoms with Crippen LogP contribution in [0.5, 0.6) is 5.75 Å². The van der Waals surface area contributed by atoms with Gasteiger partial charge >= 0.3 is 0 Å². The van der Waals surface area contributed by atoms with E-state index >= 15 is 0 Å². The van der Waals surface area contributed by atoms with Crippen LogP contribution in [-0.2, 0) is 10.0 Å². The zero-order valence-corrected chi connectivity index (χ0v) is 15.9. The Morgan fingerprint density at radius 3 is 2.52 bits per heavy atom. The van der Waals surface area contributed by atoms with Crippen molar-refractivity contribution in [2.24, 2.45) is 0 Å². The first-order valence-corrected chi connectivity index (χ1v) is 10.1. The SMILES string of the molecule is COc1ccc(N[C@@H](C)c2nnc(-c3ccccc3)o2)cc1NS(C)(=O)=O. The molecule has 1 heterocycles. The van der Waals surface area contributed by atoms with Gasteiger partial charge in [0.2, 0.25) is 21.8 Å². The maximum absolute atomic E-state index is 11.5. The monoisotopic (exact) mass is 388 g/mol. The number of rotatable bonds is 7. The molecule has 142 valence electrons. The molecule has 0 aliphatic carbocycles. The molecule has 0 unspecified atom stereocenters. The van der Waals surface area contributed by atoms with E-state index in [2.05, 4.69) is 20.2 Å². The first-order chi connectivity index (χ1) is 12.9. The Morgan fingerprint density at radius 1 is 1.11 bits per heavy atom. The fourth-order valence-electron chi connectivity index (χ4n) is 2.50. The fourth-order valence-corrected chi connectivity index (χ4v) is 3.05. The number of hydrogen-bond acceptors (Lipinski definition) is 7. The molecular weight excluding hydrogens is 368 g/mol. The third kappa shape index (κ3) is 4.76. The van der Waals surface area contributed by atoms with E-state index in [9.17, 15) is 8.42 Å². The maximum Gasteiger partial charge on any atom is 0.247 e.